The predicted molar refractivity (Wildman–Crippen MR) is 47.8 cm³/mol. The van der Waals surface area contributed by atoms with Crippen LogP contribution in [0.2, 0.25) is 5.02 Å². The summed E-state index contributed by atoms with van der Waals surface area (Å²) in [6.07, 6.45) is 0.608. The highest BCUT2D eigenvalue weighted by Gasteiger charge is 2.22. The fourth-order valence-corrected chi connectivity index (χ4v) is 1.66. The second-order valence-corrected chi connectivity index (χ2v) is 3.51. The molecule has 0 amide bonds. The molecule has 1 unspecified atom stereocenters. The zero-order valence-corrected chi connectivity index (χ0v) is 7.94. The van der Waals surface area contributed by atoms with Gasteiger partial charge in [0.05, 0.1) is 17.7 Å². The van der Waals surface area contributed by atoms with Crippen LogP contribution in [0.3, 0.4) is 0 Å². The Morgan fingerprint density at radius 3 is 2.86 bits per heavy atom. The Morgan fingerprint density at radius 1 is 1.43 bits per heavy atom. The van der Waals surface area contributed by atoms with Gasteiger partial charge in [0.15, 0.2) is 0 Å². The molecule has 0 saturated carbocycles. The number of nitrogens with one attached hydrogen (secondary N) is 1. The number of hydroxylamine groups is 1. The van der Waals surface area contributed by atoms with Gasteiger partial charge in [0.2, 0.25) is 0 Å². The minimum absolute atomic E-state index is 0.200. The molecule has 2 nitrogen and oxygen atoms in total. The molecule has 1 saturated heterocycles. The minimum atomic E-state index is -0.587. The summed E-state index contributed by atoms with van der Waals surface area (Å²) in [5.74, 6) is -1.13. The van der Waals surface area contributed by atoms with Gasteiger partial charge in [-0.2, -0.15) is 5.48 Å². The molecule has 0 bridgehead atoms. The Bertz CT molecular complexity index is 353. The zero-order chi connectivity index (χ0) is 10.1. The first-order valence-electron chi connectivity index (χ1n) is 4.20. The molecule has 5 heteroatoms. The summed E-state index contributed by atoms with van der Waals surface area (Å²) in [5, 5.41) is -0.200. The second kappa shape index (κ2) is 3.81. The Balaban J connectivity index is 2.40. The predicted octanol–water partition coefficient (Wildman–Crippen LogP) is 2.58. The van der Waals surface area contributed by atoms with Gasteiger partial charge < -0.3 is 4.84 Å². The first kappa shape index (κ1) is 9.83. The van der Waals surface area contributed by atoms with Gasteiger partial charge in [-0.05, 0) is 18.6 Å². The molecule has 1 N–H and O–H groups in total. The van der Waals surface area contributed by atoms with Crippen LogP contribution in [0.1, 0.15) is 18.0 Å². The van der Waals surface area contributed by atoms with E-state index in [-0.39, 0.29) is 16.6 Å². The topological polar surface area (TPSA) is 21.3 Å². The Kier molecular flexibility index (Phi) is 2.67. The molecule has 2 rings (SSSR count). The molecule has 1 aromatic carbocycles. The fourth-order valence-electron chi connectivity index (χ4n) is 1.44. The third-order valence-electron chi connectivity index (χ3n) is 2.13. The van der Waals surface area contributed by atoms with Gasteiger partial charge in [-0.15, -0.1) is 0 Å². The van der Waals surface area contributed by atoms with E-state index in [1.54, 1.807) is 0 Å². The van der Waals surface area contributed by atoms with Crippen molar-refractivity contribution in [2.24, 2.45) is 0 Å². The van der Waals surface area contributed by atoms with Gasteiger partial charge in [0.25, 0.3) is 0 Å². The van der Waals surface area contributed by atoms with Crippen molar-refractivity contribution in [1.82, 2.24) is 5.48 Å². The lowest BCUT2D eigenvalue weighted by molar-refractivity contribution is 0.0877. The average Bonchev–Trinajstić information content (AvgIpc) is 2.63. The van der Waals surface area contributed by atoms with Crippen LogP contribution in [0.25, 0.3) is 0 Å². The standard InChI is InChI=1S/C9H8ClF2NO/c10-7-4-5(11)3-6(9(7)12)8-1-2-14-13-8/h3-4,8,13H,1-2H2. The third-order valence-corrected chi connectivity index (χ3v) is 2.41. The Labute approximate surface area is 84.8 Å². The van der Waals surface area contributed by atoms with Crippen LogP contribution in [-0.2, 0) is 4.84 Å². The van der Waals surface area contributed by atoms with Crippen molar-refractivity contribution in [3.8, 4) is 0 Å². The van der Waals surface area contributed by atoms with Gasteiger partial charge in [-0.1, -0.05) is 11.6 Å². The van der Waals surface area contributed by atoms with Crippen LogP contribution >= 0.6 is 11.6 Å². The Morgan fingerprint density at radius 2 is 2.21 bits per heavy atom. The maximum Gasteiger partial charge on any atom is 0.146 e. The first-order chi connectivity index (χ1) is 6.68. The first-order valence-corrected chi connectivity index (χ1v) is 4.58. The van der Waals surface area contributed by atoms with Gasteiger partial charge in [-0.3, -0.25) is 0 Å². The quantitative estimate of drug-likeness (QED) is 0.733. The number of benzene rings is 1. The van der Waals surface area contributed by atoms with Crippen molar-refractivity contribution in [3.05, 3.63) is 34.4 Å². The molecule has 0 aromatic heterocycles. The maximum absolute atomic E-state index is 13.4. The van der Waals surface area contributed by atoms with Crippen LogP contribution in [0.4, 0.5) is 8.78 Å². The van der Waals surface area contributed by atoms with Crippen molar-refractivity contribution < 1.29 is 13.6 Å². The minimum Gasteiger partial charge on any atom is -0.301 e. The van der Waals surface area contributed by atoms with Crippen molar-refractivity contribution in [1.29, 1.82) is 0 Å². The van der Waals surface area contributed by atoms with E-state index >= 15 is 0 Å². The number of hydrogen-bond donors (Lipinski definition) is 1. The zero-order valence-electron chi connectivity index (χ0n) is 7.19. The number of halogens is 3. The van der Waals surface area contributed by atoms with E-state index < -0.39 is 11.6 Å². The lowest BCUT2D eigenvalue weighted by Gasteiger charge is -2.10. The molecule has 1 heterocycles. The van der Waals surface area contributed by atoms with E-state index in [0.29, 0.717) is 13.0 Å². The lowest BCUT2D eigenvalue weighted by atomic mass is 10.0. The highest BCUT2D eigenvalue weighted by Crippen LogP contribution is 2.28. The largest absolute Gasteiger partial charge is 0.301 e. The van der Waals surface area contributed by atoms with Crippen LogP contribution in [-0.4, -0.2) is 6.61 Å². The molecular formula is C9H8ClF2NO. The SMILES string of the molecule is Fc1cc(Cl)c(F)c(C2CCON2)c1. The van der Waals surface area contributed by atoms with E-state index in [4.69, 9.17) is 16.4 Å². The molecule has 1 atom stereocenters. The second-order valence-electron chi connectivity index (χ2n) is 3.10. The van der Waals surface area contributed by atoms with Gasteiger partial charge >= 0.3 is 0 Å². The lowest BCUT2D eigenvalue weighted by Crippen LogP contribution is -2.13. The summed E-state index contributed by atoms with van der Waals surface area (Å²) in [7, 11) is 0. The molecule has 1 aliphatic heterocycles. The monoisotopic (exact) mass is 219 g/mol. The summed E-state index contributed by atoms with van der Waals surface area (Å²) in [6, 6.07) is 1.77. The molecule has 0 aliphatic carbocycles. The molecule has 0 spiro atoms. The maximum atomic E-state index is 13.4. The number of rotatable bonds is 1. The third kappa shape index (κ3) is 1.73. The normalized spacial score (nSPS) is 21.5. The van der Waals surface area contributed by atoms with Crippen LogP contribution in [0, 0.1) is 11.6 Å². The summed E-state index contributed by atoms with van der Waals surface area (Å²) in [6.45, 7) is 0.484. The van der Waals surface area contributed by atoms with E-state index in [1.807, 2.05) is 0 Å². The van der Waals surface area contributed by atoms with E-state index in [2.05, 4.69) is 5.48 Å². The summed E-state index contributed by atoms with van der Waals surface area (Å²) < 4.78 is 26.4. The van der Waals surface area contributed by atoms with Crippen molar-refractivity contribution >= 4 is 11.6 Å². The summed E-state index contributed by atoms with van der Waals surface area (Å²) in [4.78, 5) is 4.86. The van der Waals surface area contributed by atoms with Crippen molar-refractivity contribution in [2.45, 2.75) is 12.5 Å². The van der Waals surface area contributed by atoms with E-state index in [1.165, 1.54) is 0 Å². The molecule has 1 aliphatic rings. The molecule has 14 heavy (non-hydrogen) atoms. The molecule has 1 fully saturated rings. The molecular weight excluding hydrogens is 212 g/mol. The highest BCUT2D eigenvalue weighted by molar-refractivity contribution is 6.30. The van der Waals surface area contributed by atoms with Crippen LogP contribution in [0.5, 0.6) is 0 Å². The van der Waals surface area contributed by atoms with Gasteiger partial charge in [-0.25, -0.2) is 8.78 Å². The highest BCUT2D eigenvalue weighted by atomic mass is 35.5. The summed E-state index contributed by atoms with van der Waals surface area (Å²) >= 11 is 5.51. The molecule has 1 aromatic rings. The fraction of sp³-hybridized carbons (Fsp3) is 0.333. The summed E-state index contributed by atoms with van der Waals surface area (Å²) in [5.41, 5.74) is 2.82. The van der Waals surface area contributed by atoms with Gasteiger partial charge in [0.1, 0.15) is 11.6 Å². The van der Waals surface area contributed by atoms with Gasteiger partial charge in [0, 0.05) is 5.56 Å². The Hall–Kier alpha value is -0.710. The number of hydrogen-bond acceptors (Lipinski definition) is 2. The van der Waals surface area contributed by atoms with Crippen LogP contribution < -0.4 is 5.48 Å². The van der Waals surface area contributed by atoms with Crippen molar-refractivity contribution in [2.75, 3.05) is 6.61 Å². The van der Waals surface area contributed by atoms with E-state index in [0.717, 1.165) is 12.1 Å². The van der Waals surface area contributed by atoms with Crippen LogP contribution in [0.15, 0.2) is 12.1 Å². The van der Waals surface area contributed by atoms with E-state index in [9.17, 15) is 8.78 Å². The van der Waals surface area contributed by atoms with Crippen molar-refractivity contribution in [3.63, 3.8) is 0 Å². The average molecular weight is 220 g/mol. The molecule has 0 radical (unpaired) electrons. The smallest absolute Gasteiger partial charge is 0.146 e. The molecule has 76 valence electrons.